The van der Waals surface area contributed by atoms with E-state index in [0.29, 0.717) is 23.0 Å². The molecule has 0 fully saturated rings. The van der Waals surface area contributed by atoms with Crippen molar-refractivity contribution in [2.75, 3.05) is 0 Å². The Morgan fingerprint density at radius 3 is 1.40 bits per heavy atom. The first-order valence-corrected chi connectivity index (χ1v) is 26.2. The summed E-state index contributed by atoms with van der Waals surface area (Å²) >= 11 is 0. The van der Waals surface area contributed by atoms with Gasteiger partial charge >= 0.3 is 6.18 Å². The number of aryl methyl sites for hydroxylation is 1. The van der Waals surface area contributed by atoms with Crippen molar-refractivity contribution in [1.82, 2.24) is 19.5 Å². The molecule has 0 bridgehead atoms. The molecule has 0 aliphatic carbocycles. The standard InChI is InChI=1S/C65H45F3N4Si/c1-44-40-50(65(66,67)68)36-39-55(44)49-35-37-57-56-32-17-18-33-59(56)72(60(57)43-49)61-42-48(34-38-58(61)64-70-62(45-20-7-2-8-21-45)69-63(71-64)46-22-9-3-10-23-46)47-24-19-31-54(41-47)73(51-25-11-4-12-26-51,52-27-13-5-14-28-52)53-29-15-6-16-30-53/h2-43H,1H3. The molecule has 0 radical (unpaired) electrons. The third-order valence-corrected chi connectivity index (χ3v) is 18.7. The van der Waals surface area contributed by atoms with Gasteiger partial charge in [-0.2, -0.15) is 13.2 Å². The van der Waals surface area contributed by atoms with Gasteiger partial charge < -0.3 is 4.57 Å². The van der Waals surface area contributed by atoms with E-state index in [1.165, 1.54) is 26.8 Å². The van der Waals surface area contributed by atoms with Crippen LogP contribution < -0.4 is 20.7 Å². The molecule has 10 aromatic carbocycles. The minimum atomic E-state index is -4.45. The third kappa shape index (κ3) is 8.21. The Labute approximate surface area is 422 Å². The van der Waals surface area contributed by atoms with Gasteiger partial charge in [0.25, 0.3) is 0 Å². The Morgan fingerprint density at radius 2 is 0.822 bits per heavy atom. The normalized spacial score (nSPS) is 11.8. The van der Waals surface area contributed by atoms with Crippen LogP contribution in [-0.4, -0.2) is 27.6 Å². The summed E-state index contributed by atoms with van der Waals surface area (Å²) < 4.78 is 44.1. The summed E-state index contributed by atoms with van der Waals surface area (Å²) in [5, 5.41) is 7.11. The van der Waals surface area contributed by atoms with E-state index in [-0.39, 0.29) is 0 Å². The van der Waals surface area contributed by atoms with E-state index in [1.54, 1.807) is 13.0 Å². The number of para-hydroxylation sites is 1. The van der Waals surface area contributed by atoms with Crippen LogP contribution in [0.3, 0.4) is 0 Å². The van der Waals surface area contributed by atoms with E-state index < -0.39 is 19.8 Å². The molecule has 0 saturated heterocycles. The highest BCUT2D eigenvalue weighted by Gasteiger charge is 2.41. The molecule has 2 aromatic heterocycles. The molecule has 0 N–H and O–H groups in total. The number of hydrogen-bond donors (Lipinski definition) is 0. The van der Waals surface area contributed by atoms with Gasteiger partial charge in [0.1, 0.15) is 0 Å². The van der Waals surface area contributed by atoms with Crippen LogP contribution in [0.5, 0.6) is 0 Å². The molecule has 0 spiro atoms. The number of aromatic nitrogens is 4. The zero-order valence-electron chi connectivity index (χ0n) is 39.7. The number of nitrogens with zero attached hydrogens (tertiary/aromatic N) is 4. The minimum Gasteiger partial charge on any atom is -0.308 e. The molecule has 350 valence electrons. The van der Waals surface area contributed by atoms with E-state index in [4.69, 9.17) is 15.0 Å². The maximum atomic E-state index is 13.9. The highest BCUT2D eigenvalue weighted by molar-refractivity contribution is 7.19. The monoisotopic (exact) mass is 966 g/mol. The van der Waals surface area contributed by atoms with Crippen molar-refractivity contribution < 1.29 is 13.2 Å². The molecule has 0 saturated carbocycles. The lowest BCUT2D eigenvalue weighted by Crippen LogP contribution is -2.74. The molecule has 2 heterocycles. The van der Waals surface area contributed by atoms with Gasteiger partial charge in [-0.15, -0.1) is 0 Å². The van der Waals surface area contributed by atoms with Gasteiger partial charge in [0, 0.05) is 27.5 Å². The second kappa shape index (κ2) is 18.6. The number of hydrogen-bond acceptors (Lipinski definition) is 3. The van der Waals surface area contributed by atoms with Crippen LogP contribution in [0.4, 0.5) is 13.2 Å². The molecule has 12 aromatic rings. The van der Waals surface area contributed by atoms with E-state index >= 15 is 0 Å². The van der Waals surface area contributed by atoms with E-state index in [2.05, 4.69) is 162 Å². The van der Waals surface area contributed by atoms with Gasteiger partial charge in [-0.05, 0) is 91.9 Å². The van der Waals surface area contributed by atoms with E-state index in [9.17, 15) is 13.2 Å². The predicted octanol–water partition coefficient (Wildman–Crippen LogP) is 14.0. The first-order chi connectivity index (χ1) is 35.7. The third-order valence-electron chi connectivity index (χ3n) is 14.0. The number of fused-ring (bicyclic) bond motifs is 3. The van der Waals surface area contributed by atoms with Crippen LogP contribution in [0.2, 0.25) is 0 Å². The topological polar surface area (TPSA) is 43.6 Å². The first-order valence-electron chi connectivity index (χ1n) is 24.2. The lowest BCUT2D eigenvalue weighted by Gasteiger charge is -2.34. The molecule has 0 atom stereocenters. The number of rotatable bonds is 10. The average Bonchev–Trinajstić information content (AvgIpc) is 3.78. The smallest absolute Gasteiger partial charge is 0.308 e. The van der Waals surface area contributed by atoms with Crippen LogP contribution in [0.25, 0.3) is 83.9 Å². The summed E-state index contributed by atoms with van der Waals surface area (Å²) in [7, 11) is -2.90. The zero-order chi connectivity index (χ0) is 49.5. The maximum absolute atomic E-state index is 13.9. The number of alkyl halides is 3. The second-order valence-electron chi connectivity index (χ2n) is 18.3. The molecular formula is C65H45F3N4Si. The predicted molar refractivity (Wildman–Crippen MR) is 295 cm³/mol. The summed E-state index contributed by atoms with van der Waals surface area (Å²) in [4.78, 5) is 15.6. The molecule has 73 heavy (non-hydrogen) atoms. The van der Waals surface area contributed by atoms with Crippen molar-refractivity contribution in [3.63, 3.8) is 0 Å². The Bertz CT molecular complexity index is 3800. The molecule has 0 unspecified atom stereocenters. The Balaban J connectivity index is 1.14. The van der Waals surface area contributed by atoms with Crippen LogP contribution in [0, 0.1) is 6.92 Å². The highest BCUT2D eigenvalue weighted by atomic mass is 28.3. The second-order valence-corrected chi connectivity index (χ2v) is 22.1. The van der Waals surface area contributed by atoms with Gasteiger partial charge in [-0.1, -0.05) is 218 Å². The molecule has 4 nitrogen and oxygen atoms in total. The largest absolute Gasteiger partial charge is 0.416 e. The lowest BCUT2D eigenvalue weighted by atomic mass is 9.97. The summed E-state index contributed by atoms with van der Waals surface area (Å²) in [6.07, 6.45) is -4.45. The van der Waals surface area contributed by atoms with Crippen molar-refractivity contribution in [2.45, 2.75) is 13.1 Å². The average molecular weight is 967 g/mol. The van der Waals surface area contributed by atoms with Crippen LogP contribution in [0.1, 0.15) is 11.1 Å². The highest BCUT2D eigenvalue weighted by Crippen LogP contribution is 2.41. The lowest BCUT2D eigenvalue weighted by molar-refractivity contribution is -0.137. The first kappa shape index (κ1) is 45.2. The molecule has 8 heteroatoms. The van der Waals surface area contributed by atoms with Crippen molar-refractivity contribution in [3.8, 4) is 62.1 Å². The number of halogens is 3. The van der Waals surface area contributed by atoms with Crippen LogP contribution >= 0.6 is 0 Å². The number of benzene rings is 10. The maximum Gasteiger partial charge on any atom is 0.416 e. The molecule has 0 aliphatic rings. The summed E-state index contributed by atoms with van der Waals surface area (Å²) in [5.74, 6) is 1.57. The zero-order valence-corrected chi connectivity index (χ0v) is 40.7. The molecular weight excluding hydrogens is 922 g/mol. The van der Waals surface area contributed by atoms with Crippen LogP contribution in [-0.2, 0) is 6.18 Å². The fourth-order valence-corrected chi connectivity index (χ4v) is 15.4. The van der Waals surface area contributed by atoms with Gasteiger partial charge in [-0.3, -0.25) is 0 Å². The van der Waals surface area contributed by atoms with Gasteiger partial charge in [-0.25, -0.2) is 15.0 Å². The summed E-state index contributed by atoms with van der Waals surface area (Å²) in [6.45, 7) is 1.74. The van der Waals surface area contributed by atoms with Gasteiger partial charge in [0.2, 0.25) is 0 Å². The summed E-state index contributed by atoms with van der Waals surface area (Å²) in [6, 6.07) is 86.6. The SMILES string of the molecule is Cc1cc(C(F)(F)F)ccc1-c1ccc2c3ccccc3n(-c3cc(-c4cccc([Si](c5ccccc5)(c5ccccc5)c5ccccc5)c4)ccc3-c3nc(-c4ccccc4)nc(-c4ccccc4)n3)c2c1. The molecule has 12 rings (SSSR count). The van der Waals surface area contributed by atoms with Gasteiger partial charge in [0.15, 0.2) is 25.5 Å². The van der Waals surface area contributed by atoms with Crippen molar-refractivity contribution in [1.29, 1.82) is 0 Å². The Kier molecular flexibility index (Phi) is 11.5. The van der Waals surface area contributed by atoms with E-state index in [0.717, 1.165) is 72.5 Å². The fraction of sp³-hybridized carbons (Fsp3) is 0.0308. The Morgan fingerprint density at radius 1 is 0.356 bits per heavy atom. The Hall–Kier alpha value is -8.98. The van der Waals surface area contributed by atoms with Crippen molar-refractivity contribution in [3.05, 3.63) is 266 Å². The fourth-order valence-electron chi connectivity index (χ4n) is 10.6. The van der Waals surface area contributed by atoms with Crippen molar-refractivity contribution >= 4 is 50.6 Å². The quantitative estimate of drug-likeness (QED) is 0.101. The van der Waals surface area contributed by atoms with Gasteiger partial charge in [0.05, 0.1) is 22.3 Å². The minimum absolute atomic E-state index is 0.493. The summed E-state index contributed by atoms with van der Waals surface area (Å²) in [5.41, 5.74) is 8.56. The van der Waals surface area contributed by atoms with Crippen molar-refractivity contribution in [2.24, 2.45) is 0 Å². The van der Waals surface area contributed by atoms with Crippen LogP contribution in [0.15, 0.2) is 255 Å². The molecule has 0 aliphatic heterocycles. The van der Waals surface area contributed by atoms with E-state index in [1.807, 2.05) is 78.9 Å². The molecule has 0 amide bonds.